The number of hydrogen-bond acceptors (Lipinski definition) is 5. The Bertz CT molecular complexity index is 402. The average Bonchev–Trinajstić information content (AvgIpc) is 2.27. The summed E-state index contributed by atoms with van der Waals surface area (Å²) in [5.74, 6) is -1.04. The molecule has 5 nitrogen and oxygen atoms in total. The lowest BCUT2D eigenvalue weighted by Crippen LogP contribution is -2.29. The van der Waals surface area contributed by atoms with Crippen molar-refractivity contribution in [3.8, 4) is 0 Å². The van der Waals surface area contributed by atoms with E-state index in [-0.39, 0.29) is 17.8 Å². The van der Waals surface area contributed by atoms with E-state index in [1.807, 2.05) is 0 Å². The lowest BCUT2D eigenvalue weighted by Gasteiger charge is -2.22. The molecule has 0 bridgehead atoms. The first-order valence-corrected chi connectivity index (χ1v) is 5.89. The standard InChI is InChI=1S/C13H19NO4/c1-5-17-11(15)9-6-7-14-8-10(9)12(16)18-13(2,3)4/h6,8,14H,5,7H2,1-4H3. The fraction of sp³-hybridized carbons (Fsp3) is 0.538. The summed E-state index contributed by atoms with van der Waals surface area (Å²) in [5.41, 5.74) is -0.144. The van der Waals surface area contributed by atoms with E-state index in [1.54, 1.807) is 33.8 Å². The van der Waals surface area contributed by atoms with Gasteiger partial charge in [0.05, 0.1) is 17.8 Å². The van der Waals surface area contributed by atoms with E-state index < -0.39 is 17.5 Å². The van der Waals surface area contributed by atoms with Gasteiger partial charge < -0.3 is 14.8 Å². The summed E-state index contributed by atoms with van der Waals surface area (Å²) in [7, 11) is 0. The highest BCUT2D eigenvalue weighted by Gasteiger charge is 2.27. The minimum Gasteiger partial charge on any atom is -0.462 e. The zero-order valence-corrected chi connectivity index (χ0v) is 11.2. The predicted octanol–water partition coefficient (Wildman–Crippen LogP) is 1.30. The molecule has 5 heteroatoms. The maximum Gasteiger partial charge on any atom is 0.341 e. The van der Waals surface area contributed by atoms with Crippen molar-refractivity contribution in [3.05, 3.63) is 23.4 Å². The van der Waals surface area contributed by atoms with Gasteiger partial charge in [-0.25, -0.2) is 9.59 Å². The number of nitrogens with one attached hydrogen (secondary N) is 1. The van der Waals surface area contributed by atoms with Gasteiger partial charge in [-0.1, -0.05) is 6.08 Å². The molecule has 0 aromatic rings. The molecule has 0 fully saturated rings. The van der Waals surface area contributed by atoms with Gasteiger partial charge in [0.25, 0.3) is 0 Å². The smallest absolute Gasteiger partial charge is 0.341 e. The minimum absolute atomic E-state index is 0.203. The lowest BCUT2D eigenvalue weighted by atomic mass is 10.0. The van der Waals surface area contributed by atoms with Gasteiger partial charge in [0.2, 0.25) is 0 Å². The van der Waals surface area contributed by atoms with E-state index in [4.69, 9.17) is 9.47 Å². The highest BCUT2D eigenvalue weighted by atomic mass is 16.6. The molecule has 1 aliphatic rings. The van der Waals surface area contributed by atoms with Gasteiger partial charge in [-0.2, -0.15) is 0 Å². The van der Waals surface area contributed by atoms with Crippen molar-refractivity contribution in [1.29, 1.82) is 0 Å². The average molecular weight is 253 g/mol. The van der Waals surface area contributed by atoms with Gasteiger partial charge >= 0.3 is 11.9 Å². The molecule has 1 aliphatic heterocycles. The third kappa shape index (κ3) is 3.91. The normalized spacial score (nSPS) is 15.1. The maximum atomic E-state index is 12.0. The lowest BCUT2D eigenvalue weighted by molar-refractivity contribution is -0.150. The van der Waals surface area contributed by atoms with Gasteiger partial charge in [-0.3, -0.25) is 0 Å². The molecule has 1 N–H and O–H groups in total. The van der Waals surface area contributed by atoms with E-state index in [0.717, 1.165) is 0 Å². The second-order valence-corrected chi connectivity index (χ2v) is 4.81. The van der Waals surface area contributed by atoms with E-state index >= 15 is 0 Å². The van der Waals surface area contributed by atoms with Crippen LogP contribution in [0.4, 0.5) is 0 Å². The van der Waals surface area contributed by atoms with Crippen LogP contribution in [0.3, 0.4) is 0 Å². The predicted molar refractivity (Wildman–Crippen MR) is 66.6 cm³/mol. The van der Waals surface area contributed by atoms with Crippen molar-refractivity contribution >= 4 is 11.9 Å². The fourth-order valence-electron chi connectivity index (χ4n) is 1.41. The second kappa shape index (κ2) is 5.71. The van der Waals surface area contributed by atoms with Crippen molar-refractivity contribution in [2.75, 3.05) is 13.2 Å². The third-order valence-corrected chi connectivity index (χ3v) is 2.07. The van der Waals surface area contributed by atoms with Crippen molar-refractivity contribution < 1.29 is 19.1 Å². The maximum absolute atomic E-state index is 12.0. The molecule has 0 aromatic heterocycles. The molecule has 0 amide bonds. The zero-order valence-electron chi connectivity index (χ0n) is 11.2. The van der Waals surface area contributed by atoms with Gasteiger partial charge in [-0.15, -0.1) is 0 Å². The summed E-state index contributed by atoms with van der Waals surface area (Å²) in [6.45, 7) is 7.79. The van der Waals surface area contributed by atoms with Gasteiger partial charge in [0.15, 0.2) is 0 Å². The first-order valence-electron chi connectivity index (χ1n) is 5.89. The summed E-state index contributed by atoms with van der Waals surface area (Å²) in [6.07, 6.45) is 3.11. The van der Waals surface area contributed by atoms with Crippen molar-refractivity contribution in [1.82, 2.24) is 5.32 Å². The molecule has 0 saturated carbocycles. The van der Waals surface area contributed by atoms with Crippen LogP contribution in [0.25, 0.3) is 0 Å². The number of carbonyl (C=O) groups is 2. The highest BCUT2D eigenvalue weighted by Crippen LogP contribution is 2.19. The van der Waals surface area contributed by atoms with Crippen LogP contribution in [0.1, 0.15) is 27.7 Å². The van der Waals surface area contributed by atoms with Crippen LogP contribution in [0.15, 0.2) is 23.4 Å². The van der Waals surface area contributed by atoms with Crippen LogP contribution in [-0.4, -0.2) is 30.7 Å². The minimum atomic E-state index is -0.602. The Morgan fingerprint density at radius 1 is 1.28 bits per heavy atom. The quantitative estimate of drug-likeness (QED) is 0.768. The van der Waals surface area contributed by atoms with Crippen LogP contribution in [0.5, 0.6) is 0 Å². The molecule has 0 unspecified atom stereocenters. The number of dihydropyridines is 1. The highest BCUT2D eigenvalue weighted by molar-refractivity contribution is 6.07. The summed E-state index contributed by atoms with van der Waals surface area (Å²) in [5, 5.41) is 2.88. The molecule has 0 radical (unpaired) electrons. The molecular formula is C13H19NO4. The molecule has 0 aromatic carbocycles. The van der Waals surface area contributed by atoms with Crippen molar-refractivity contribution in [2.45, 2.75) is 33.3 Å². The van der Waals surface area contributed by atoms with E-state index in [2.05, 4.69) is 5.32 Å². The number of ether oxygens (including phenoxy) is 2. The molecule has 1 heterocycles. The Morgan fingerprint density at radius 3 is 2.50 bits per heavy atom. The SMILES string of the molecule is CCOC(=O)C1=CCNC=C1C(=O)OC(C)(C)C. The molecule has 18 heavy (non-hydrogen) atoms. The van der Waals surface area contributed by atoms with Gasteiger partial charge in [-0.05, 0) is 27.7 Å². The Hall–Kier alpha value is -1.78. The van der Waals surface area contributed by atoms with E-state index in [9.17, 15) is 9.59 Å². The Balaban J connectivity index is 2.85. The van der Waals surface area contributed by atoms with Crippen LogP contribution in [0.2, 0.25) is 0 Å². The summed E-state index contributed by atoms with van der Waals surface area (Å²) in [6, 6.07) is 0. The monoisotopic (exact) mass is 253 g/mol. The van der Waals surface area contributed by atoms with Crippen LogP contribution >= 0.6 is 0 Å². The number of rotatable bonds is 3. The number of hydrogen-bond donors (Lipinski definition) is 1. The van der Waals surface area contributed by atoms with Gasteiger partial charge in [0.1, 0.15) is 5.60 Å². The molecule has 0 spiro atoms. The van der Waals surface area contributed by atoms with Crippen molar-refractivity contribution in [2.24, 2.45) is 0 Å². The molecular weight excluding hydrogens is 234 g/mol. The van der Waals surface area contributed by atoms with Crippen LogP contribution < -0.4 is 5.32 Å². The summed E-state index contributed by atoms with van der Waals surface area (Å²) >= 11 is 0. The molecule has 0 saturated heterocycles. The third-order valence-electron chi connectivity index (χ3n) is 2.07. The van der Waals surface area contributed by atoms with Crippen LogP contribution in [0, 0.1) is 0 Å². The summed E-state index contributed by atoms with van der Waals surface area (Å²) in [4.78, 5) is 23.7. The first-order chi connectivity index (χ1) is 8.35. The Kier molecular flexibility index (Phi) is 4.53. The fourth-order valence-corrected chi connectivity index (χ4v) is 1.41. The molecule has 100 valence electrons. The zero-order chi connectivity index (χ0) is 13.8. The van der Waals surface area contributed by atoms with Crippen LogP contribution in [-0.2, 0) is 19.1 Å². The molecule has 0 atom stereocenters. The van der Waals surface area contributed by atoms with E-state index in [1.165, 1.54) is 6.20 Å². The Morgan fingerprint density at radius 2 is 1.94 bits per heavy atom. The van der Waals surface area contributed by atoms with Crippen molar-refractivity contribution in [3.63, 3.8) is 0 Å². The largest absolute Gasteiger partial charge is 0.462 e. The summed E-state index contributed by atoms with van der Waals surface area (Å²) < 4.78 is 10.1. The van der Waals surface area contributed by atoms with E-state index in [0.29, 0.717) is 6.54 Å². The number of carbonyl (C=O) groups excluding carboxylic acids is 2. The number of esters is 2. The van der Waals surface area contributed by atoms with Gasteiger partial charge in [0, 0.05) is 12.7 Å². The molecule has 1 rings (SSSR count). The first kappa shape index (κ1) is 14.3. The topological polar surface area (TPSA) is 64.6 Å². The molecule has 0 aliphatic carbocycles. The second-order valence-electron chi connectivity index (χ2n) is 4.81. The Labute approximate surface area is 107 Å².